The van der Waals surface area contributed by atoms with Crippen LogP contribution in [0.5, 0.6) is 0 Å². The number of likely N-dealkylation sites (tertiary alicyclic amines) is 1. The number of carbonyl (C=O) groups is 1. The van der Waals surface area contributed by atoms with Crippen molar-refractivity contribution in [2.45, 2.75) is 44.4 Å². The average Bonchev–Trinajstić information content (AvgIpc) is 2.47. The summed E-state index contributed by atoms with van der Waals surface area (Å²) in [6, 6.07) is 6.89. The van der Waals surface area contributed by atoms with Crippen molar-refractivity contribution in [2.24, 2.45) is 0 Å². The minimum absolute atomic E-state index is 0.133. The Balaban J connectivity index is 2.02. The average molecular weight is 330 g/mol. The van der Waals surface area contributed by atoms with E-state index in [9.17, 15) is 23.1 Å². The molecule has 0 saturated carbocycles. The molecular formula is C16H21F3N2O2. The molecule has 1 aromatic carbocycles. The van der Waals surface area contributed by atoms with Crippen LogP contribution in [0.3, 0.4) is 0 Å². The highest BCUT2D eigenvalue weighted by atomic mass is 19.4. The molecule has 23 heavy (non-hydrogen) atoms. The van der Waals surface area contributed by atoms with Gasteiger partial charge in [-0.25, -0.2) is 4.79 Å². The summed E-state index contributed by atoms with van der Waals surface area (Å²) < 4.78 is 38.3. The van der Waals surface area contributed by atoms with Gasteiger partial charge in [-0.3, -0.25) is 0 Å². The van der Waals surface area contributed by atoms with Gasteiger partial charge in [-0.1, -0.05) is 32.0 Å². The second kappa shape index (κ2) is 6.39. The molecule has 0 radical (unpaired) electrons. The maximum Gasteiger partial charge on any atom is 0.417 e. The Morgan fingerprint density at radius 2 is 1.83 bits per heavy atom. The monoisotopic (exact) mass is 330 g/mol. The van der Waals surface area contributed by atoms with Crippen molar-refractivity contribution in [1.29, 1.82) is 0 Å². The Labute approximate surface area is 133 Å². The number of aliphatic hydroxyl groups is 1. The van der Waals surface area contributed by atoms with Gasteiger partial charge in [0.05, 0.1) is 0 Å². The number of nitrogens with zero attached hydrogens (tertiary/aromatic N) is 1. The van der Waals surface area contributed by atoms with E-state index in [4.69, 9.17) is 0 Å². The quantitative estimate of drug-likeness (QED) is 0.868. The van der Waals surface area contributed by atoms with Crippen LogP contribution in [0.15, 0.2) is 24.3 Å². The lowest BCUT2D eigenvalue weighted by Crippen LogP contribution is -2.55. The molecule has 0 unspecified atom stereocenters. The SMILES string of the molecule is CC(C)c1ccccc1NC(=O)N1CCC(O)(C(F)(F)F)CC1. The molecule has 2 N–H and O–H groups in total. The summed E-state index contributed by atoms with van der Waals surface area (Å²) >= 11 is 0. The lowest BCUT2D eigenvalue weighted by atomic mass is 9.91. The van der Waals surface area contributed by atoms with Gasteiger partial charge in [0.15, 0.2) is 5.60 Å². The first-order valence-corrected chi connectivity index (χ1v) is 7.58. The molecule has 1 saturated heterocycles. The zero-order valence-electron chi connectivity index (χ0n) is 13.2. The standard InChI is InChI=1S/C16H21F3N2O2/c1-11(2)12-5-3-4-6-13(12)20-14(22)21-9-7-15(23,8-10-21)16(17,18)19/h3-6,11,23H,7-10H2,1-2H3,(H,20,22). The Kier molecular flexibility index (Phi) is 4.89. The smallest absolute Gasteiger partial charge is 0.380 e. The van der Waals surface area contributed by atoms with Crippen LogP contribution in [-0.2, 0) is 0 Å². The number of hydrogen-bond acceptors (Lipinski definition) is 2. The van der Waals surface area contributed by atoms with Crippen molar-refractivity contribution < 1.29 is 23.1 Å². The van der Waals surface area contributed by atoms with Crippen LogP contribution >= 0.6 is 0 Å². The van der Waals surface area contributed by atoms with Crippen molar-refractivity contribution in [1.82, 2.24) is 4.90 Å². The molecule has 1 fully saturated rings. The van der Waals surface area contributed by atoms with Crippen LogP contribution in [0.1, 0.15) is 38.2 Å². The van der Waals surface area contributed by atoms with Gasteiger partial charge in [-0.2, -0.15) is 13.2 Å². The summed E-state index contributed by atoms with van der Waals surface area (Å²) in [4.78, 5) is 13.6. The number of benzene rings is 1. The molecule has 4 nitrogen and oxygen atoms in total. The maximum absolute atomic E-state index is 12.8. The van der Waals surface area contributed by atoms with Crippen LogP contribution in [0.25, 0.3) is 0 Å². The highest BCUT2D eigenvalue weighted by Crippen LogP contribution is 2.38. The zero-order chi connectivity index (χ0) is 17.3. The van der Waals surface area contributed by atoms with Gasteiger partial charge in [-0.15, -0.1) is 0 Å². The molecule has 2 amide bonds. The van der Waals surface area contributed by atoms with Gasteiger partial charge >= 0.3 is 12.2 Å². The Morgan fingerprint density at radius 3 is 2.35 bits per heavy atom. The number of alkyl halides is 3. The molecule has 128 valence electrons. The molecule has 0 aromatic heterocycles. The summed E-state index contributed by atoms with van der Waals surface area (Å²) in [5.74, 6) is 0.211. The van der Waals surface area contributed by atoms with Crippen LogP contribution in [-0.4, -0.2) is 40.9 Å². The van der Waals surface area contributed by atoms with Crippen molar-refractivity contribution in [3.63, 3.8) is 0 Å². The molecular weight excluding hydrogens is 309 g/mol. The number of piperidine rings is 1. The molecule has 0 bridgehead atoms. The first-order chi connectivity index (χ1) is 10.6. The maximum atomic E-state index is 12.8. The number of nitrogens with one attached hydrogen (secondary N) is 1. The Morgan fingerprint density at radius 1 is 1.26 bits per heavy atom. The van der Waals surface area contributed by atoms with Gasteiger partial charge < -0.3 is 15.3 Å². The van der Waals surface area contributed by atoms with Crippen LogP contribution < -0.4 is 5.32 Å². The highest BCUT2D eigenvalue weighted by molar-refractivity contribution is 5.90. The number of para-hydroxylation sites is 1. The second-order valence-electron chi connectivity index (χ2n) is 6.19. The summed E-state index contributed by atoms with van der Waals surface area (Å²) in [6.07, 6.45) is -5.68. The molecule has 0 atom stereocenters. The predicted octanol–water partition coefficient (Wildman–Crippen LogP) is 3.73. The van der Waals surface area contributed by atoms with Crippen LogP contribution in [0, 0.1) is 0 Å². The number of urea groups is 1. The van der Waals surface area contributed by atoms with Gasteiger partial charge in [0.2, 0.25) is 0 Å². The topological polar surface area (TPSA) is 52.6 Å². The minimum Gasteiger partial charge on any atom is -0.380 e. The third-order valence-corrected chi connectivity index (χ3v) is 4.23. The molecule has 1 aliphatic heterocycles. The first kappa shape index (κ1) is 17.6. The number of carbonyl (C=O) groups excluding carboxylic acids is 1. The third kappa shape index (κ3) is 3.77. The summed E-state index contributed by atoms with van der Waals surface area (Å²) in [5, 5.41) is 12.4. The predicted molar refractivity (Wildman–Crippen MR) is 81.4 cm³/mol. The van der Waals surface area contributed by atoms with E-state index in [1.807, 2.05) is 26.0 Å². The van der Waals surface area contributed by atoms with E-state index in [0.29, 0.717) is 5.69 Å². The lowest BCUT2D eigenvalue weighted by Gasteiger charge is -2.39. The van der Waals surface area contributed by atoms with Gasteiger partial charge in [0.1, 0.15) is 0 Å². The van der Waals surface area contributed by atoms with Crippen molar-refractivity contribution in [3.8, 4) is 0 Å². The van der Waals surface area contributed by atoms with E-state index in [0.717, 1.165) is 5.56 Å². The van der Waals surface area contributed by atoms with Crippen molar-refractivity contribution >= 4 is 11.7 Å². The highest BCUT2D eigenvalue weighted by Gasteiger charge is 2.54. The van der Waals surface area contributed by atoms with E-state index >= 15 is 0 Å². The molecule has 7 heteroatoms. The fraction of sp³-hybridized carbons (Fsp3) is 0.562. The van der Waals surface area contributed by atoms with Gasteiger partial charge in [0.25, 0.3) is 0 Å². The Bertz CT molecular complexity index is 565. The largest absolute Gasteiger partial charge is 0.417 e. The lowest BCUT2D eigenvalue weighted by molar-refractivity contribution is -0.271. The molecule has 1 heterocycles. The van der Waals surface area contributed by atoms with Crippen molar-refractivity contribution in [2.75, 3.05) is 18.4 Å². The van der Waals surface area contributed by atoms with E-state index < -0.39 is 30.7 Å². The molecule has 2 rings (SSSR count). The third-order valence-electron chi connectivity index (χ3n) is 4.23. The number of anilines is 1. The normalized spacial score (nSPS) is 18.1. The van der Waals surface area contributed by atoms with Gasteiger partial charge in [-0.05, 0) is 17.5 Å². The number of halogens is 3. The fourth-order valence-electron chi connectivity index (χ4n) is 2.67. The first-order valence-electron chi connectivity index (χ1n) is 7.58. The summed E-state index contributed by atoms with van der Waals surface area (Å²) in [7, 11) is 0. The number of rotatable bonds is 2. The Hall–Kier alpha value is -1.76. The number of hydrogen-bond donors (Lipinski definition) is 2. The van der Waals surface area contributed by atoms with E-state index in [1.165, 1.54) is 4.90 Å². The second-order valence-corrected chi connectivity index (χ2v) is 6.19. The summed E-state index contributed by atoms with van der Waals surface area (Å²) in [5.41, 5.74) is -1.08. The molecule has 1 aliphatic rings. The molecule has 1 aromatic rings. The van der Waals surface area contributed by atoms with Gasteiger partial charge in [0, 0.05) is 31.6 Å². The van der Waals surface area contributed by atoms with E-state index in [1.54, 1.807) is 12.1 Å². The summed E-state index contributed by atoms with van der Waals surface area (Å²) in [6.45, 7) is 3.72. The fourth-order valence-corrected chi connectivity index (χ4v) is 2.67. The van der Waals surface area contributed by atoms with E-state index in [2.05, 4.69) is 5.32 Å². The minimum atomic E-state index is -4.67. The molecule has 0 aliphatic carbocycles. The zero-order valence-corrected chi connectivity index (χ0v) is 13.2. The number of amides is 2. The van der Waals surface area contributed by atoms with Crippen molar-refractivity contribution in [3.05, 3.63) is 29.8 Å². The van der Waals surface area contributed by atoms with E-state index in [-0.39, 0.29) is 19.0 Å². The van der Waals surface area contributed by atoms with Crippen LogP contribution in [0.2, 0.25) is 0 Å². The van der Waals surface area contributed by atoms with Crippen LogP contribution in [0.4, 0.5) is 23.7 Å². The molecule has 0 spiro atoms.